The van der Waals surface area contributed by atoms with Crippen molar-refractivity contribution in [3.8, 4) is 5.75 Å². The molecule has 1 rings (SSSR count). The molecule has 0 spiro atoms. The van der Waals surface area contributed by atoms with Gasteiger partial charge in [-0.1, -0.05) is 6.07 Å². The Bertz CT molecular complexity index is 399. The molecule has 0 aliphatic carbocycles. The van der Waals surface area contributed by atoms with Gasteiger partial charge in [-0.3, -0.25) is 0 Å². The fraction of sp³-hybridized carbons (Fsp3) is 0.462. The van der Waals surface area contributed by atoms with E-state index >= 15 is 0 Å². The van der Waals surface area contributed by atoms with E-state index in [1.807, 2.05) is 32.9 Å². The molecule has 0 radical (unpaired) electrons. The summed E-state index contributed by atoms with van der Waals surface area (Å²) in [6.45, 7) is 6.62. The van der Waals surface area contributed by atoms with Crippen LogP contribution < -0.4 is 21.1 Å². The number of benzene rings is 1. The minimum atomic E-state index is -0.237. The molecule has 1 aromatic carbocycles. The van der Waals surface area contributed by atoms with E-state index in [0.717, 1.165) is 0 Å². The number of nitrogens with two attached hydrogens (primary N) is 1. The normalized spacial score (nSPS) is 10.8. The molecule has 1 aromatic rings. The number of carbonyl (C=O) groups excluding carboxylic acids is 1. The van der Waals surface area contributed by atoms with Crippen molar-refractivity contribution in [1.82, 2.24) is 10.6 Å². The number of carbonyl (C=O) groups is 1. The maximum Gasteiger partial charge on any atom is 0.315 e. The van der Waals surface area contributed by atoms with Crippen molar-refractivity contribution >= 4 is 11.7 Å². The zero-order valence-corrected chi connectivity index (χ0v) is 11.1. The average Bonchev–Trinajstić information content (AvgIpc) is 2.22. The topological polar surface area (TPSA) is 76.4 Å². The molecular weight excluding hydrogens is 230 g/mol. The fourth-order valence-electron chi connectivity index (χ4n) is 1.32. The smallest absolute Gasteiger partial charge is 0.315 e. The summed E-state index contributed by atoms with van der Waals surface area (Å²) in [5.41, 5.74) is 6.04. The van der Waals surface area contributed by atoms with Gasteiger partial charge in [-0.2, -0.15) is 0 Å². The molecule has 0 atom stereocenters. The van der Waals surface area contributed by atoms with Crippen molar-refractivity contribution < 1.29 is 9.53 Å². The summed E-state index contributed by atoms with van der Waals surface area (Å²) in [6, 6.07) is 6.99. The van der Waals surface area contributed by atoms with E-state index in [9.17, 15) is 4.79 Å². The number of nitrogen functional groups attached to an aromatic ring is 1. The van der Waals surface area contributed by atoms with Gasteiger partial charge in [-0.15, -0.1) is 0 Å². The van der Waals surface area contributed by atoms with Gasteiger partial charge in [0.2, 0.25) is 0 Å². The number of amides is 2. The van der Waals surface area contributed by atoms with Crippen LogP contribution in [0.5, 0.6) is 5.75 Å². The van der Waals surface area contributed by atoms with E-state index in [2.05, 4.69) is 10.6 Å². The highest BCUT2D eigenvalue weighted by Gasteiger charge is 2.12. The van der Waals surface area contributed by atoms with Crippen LogP contribution in [0, 0.1) is 0 Å². The van der Waals surface area contributed by atoms with Crippen LogP contribution in [0.25, 0.3) is 0 Å². The van der Waals surface area contributed by atoms with Gasteiger partial charge in [0.15, 0.2) is 0 Å². The molecule has 4 N–H and O–H groups in total. The van der Waals surface area contributed by atoms with Crippen LogP contribution in [0.15, 0.2) is 24.3 Å². The first-order chi connectivity index (χ1) is 8.37. The fourth-order valence-corrected chi connectivity index (χ4v) is 1.32. The van der Waals surface area contributed by atoms with Crippen LogP contribution >= 0.6 is 0 Å². The van der Waals surface area contributed by atoms with Crippen LogP contribution in [0.1, 0.15) is 20.8 Å². The molecule has 0 saturated heterocycles. The Balaban J connectivity index is 2.21. The van der Waals surface area contributed by atoms with Crippen LogP contribution in [0.4, 0.5) is 10.5 Å². The Kier molecular flexibility index (Phi) is 4.83. The van der Waals surface area contributed by atoms with Crippen molar-refractivity contribution in [2.75, 3.05) is 18.9 Å². The van der Waals surface area contributed by atoms with Crippen molar-refractivity contribution in [2.24, 2.45) is 0 Å². The van der Waals surface area contributed by atoms with Crippen LogP contribution in [-0.4, -0.2) is 24.7 Å². The second-order valence-electron chi connectivity index (χ2n) is 5.05. The minimum Gasteiger partial charge on any atom is -0.492 e. The summed E-state index contributed by atoms with van der Waals surface area (Å²) < 4.78 is 5.44. The highest BCUT2D eigenvalue weighted by atomic mass is 16.5. The molecule has 0 unspecified atom stereocenters. The molecule has 0 saturated carbocycles. The largest absolute Gasteiger partial charge is 0.492 e. The molecule has 5 heteroatoms. The Hall–Kier alpha value is -1.91. The molecule has 0 aliphatic rings. The van der Waals surface area contributed by atoms with Gasteiger partial charge >= 0.3 is 6.03 Å². The summed E-state index contributed by atoms with van der Waals surface area (Å²) in [4.78, 5) is 11.4. The molecule has 0 aliphatic heterocycles. The third-order valence-electron chi connectivity index (χ3n) is 2.00. The van der Waals surface area contributed by atoms with Gasteiger partial charge in [0.25, 0.3) is 0 Å². The number of nitrogens with one attached hydrogen (secondary N) is 2. The number of hydrogen-bond acceptors (Lipinski definition) is 3. The summed E-state index contributed by atoms with van der Waals surface area (Å²) >= 11 is 0. The van der Waals surface area contributed by atoms with Crippen molar-refractivity contribution in [2.45, 2.75) is 26.3 Å². The molecule has 5 nitrogen and oxygen atoms in total. The first-order valence-corrected chi connectivity index (χ1v) is 5.91. The SMILES string of the molecule is CC(C)(C)NC(=O)NCCOc1cccc(N)c1. The molecule has 0 bridgehead atoms. The lowest BCUT2D eigenvalue weighted by atomic mass is 10.1. The predicted octanol–water partition coefficient (Wildman–Crippen LogP) is 1.75. The number of urea groups is 1. The van der Waals surface area contributed by atoms with Gasteiger partial charge in [0.1, 0.15) is 12.4 Å². The van der Waals surface area contributed by atoms with E-state index in [-0.39, 0.29) is 11.6 Å². The summed E-state index contributed by atoms with van der Waals surface area (Å²) in [5, 5.41) is 5.52. The number of hydrogen-bond donors (Lipinski definition) is 3. The maximum absolute atomic E-state index is 11.4. The summed E-state index contributed by atoms with van der Waals surface area (Å²) in [6.07, 6.45) is 0. The molecule has 0 heterocycles. The minimum absolute atomic E-state index is 0.196. The maximum atomic E-state index is 11.4. The highest BCUT2D eigenvalue weighted by molar-refractivity contribution is 5.74. The van der Waals surface area contributed by atoms with Crippen molar-refractivity contribution in [3.05, 3.63) is 24.3 Å². The number of ether oxygens (including phenoxy) is 1. The van der Waals surface area contributed by atoms with Crippen LogP contribution in [0.2, 0.25) is 0 Å². The lowest BCUT2D eigenvalue weighted by molar-refractivity contribution is 0.228. The average molecular weight is 251 g/mol. The summed E-state index contributed by atoms with van der Waals surface area (Å²) in [7, 11) is 0. The lowest BCUT2D eigenvalue weighted by Crippen LogP contribution is -2.47. The third kappa shape index (κ3) is 5.98. The van der Waals surface area contributed by atoms with E-state index in [1.165, 1.54) is 0 Å². The van der Waals surface area contributed by atoms with Gasteiger partial charge in [-0.05, 0) is 32.9 Å². The molecule has 100 valence electrons. The molecular formula is C13H21N3O2. The van der Waals surface area contributed by atoms with Crippen molar-refractivity contribution in [3.63, 3.8) is 0 Å². The Morgan fingerprint density at radius 3 is 2.72 bits per heavy atom. The van der Waals surface area contributed by atoms with Gasteiger partial charge in [0, 0.05) is 17.3 Å². The van der Waals surface area contributed by atoms with E-state index in [4.69, 9.17) is 10.5 Å². The van der Waals surface area contributed by atoms with E-state index in [0.29, 0.717) is 24.6 Å². The molecule has 18 heavy (non-hydrogen) atoms. The second kappa shape index (κ2) is 6.14. The lowest BCUT2D eigenvalue weighted by Gasteiger charge is -2.20. The monoisotopic (exact) mass is 251 g/mol. The number of anilines is 1. The quantitative estimate of drug-likeness (QED) is 0.563. The standard InChI is InChI=1S/C13H21N3O2/c1-13(2,3)16-12(17)15-7-8-18-11-6-4-5-10(14)9-11/h4-6,9H,7-8,14H2,1-3H3,(H2,15,16,17). The molecule has 2 amide bonds. The molecule has 0 aromatic heterocycles. The first-order valence-electron chi connectivity index (χ1n) is 5.91. The highest BCUT2D eigenvalue weighted by Crippen LogP contribution is 2.13. The first kappa shape index (κ1) is 14.2. The van der Waals surface area contributed by atoms with E-state index < -0.39 is 0 Å². The Labute approximate surface area is 108 Å². The predicted molar refractivity (Wildman–Crippen MR) is 72.6 cm³/mol. The third-order valence-corrected chi connectivity index (χ3v) is 2.00. The zero-order chi connectivity index (χ0) is 13.6. The molecule has 0 fully saturated rings. The van der Waals surface area contributed by atoms with Crippen LogP contribution in [0.3, 0.4) is 0 Å². The van der Waals surface area contributed by atoms with Crippen molar-refractivity contribution in [1.29, 1.82) is 0 Å². The Morgan fingerprint density at radius 2 is 2.11 bits per heavy atom. The number of rotatable bonds is 4. The van der Waals surface area contributed by atoms with Gasteiger partial charge < -0.3 is 21.1 Å². The van der Waals surface area contributed by atoms with Crippen LogP contribution in [-0.2, 0) is 0 Å². The second-order valence-corrected chi connectivity index (χ2v) is 5.05. The van der Waals surface area contributed by atoms with Gasteiger partial charge in [0.05, 0.1) is 6.54 Å². The zero-order valence-electron chi connectivity index (χ0n) is 11.1. The van der Waals surface area contributed by atoms with E-state index in [1.54, 1.807) is 12.1 Å². The Morgan fingerprint density at radius 1 is 1.39 bits per heavy atom. The van der Waals surface area contributed by atoms with Gasteiger partial charge in [-0.25, -0.2) is 4.79 Å². The summed E-state index contributed by atoms with van der Waals surface area (Å²) in [5.74, 6) is 0.702.